The van der Waals surface area contributed by atoms with Gasteiger partial charge in [-0.2, -0.15) is 0 Å². The molecule has 5 heteroatoms. The summed E-state index contributed by atoms with van der Waals surface area (Å²) in [6, 6.07) is 9.57. The fraction of sp³-hybridized carbons (Fsp3) is 0.500. The van der Waals surface area contributed by atoms with Crippen molar-refractivity contribution in [3.8, 4) is 0 Å². The molecule has 3 heterocycles. The van der Waals surface area contributed by atoms with Crippen molar-refractivity contribution in [1.29, 1.82) is 0 Å². The highest BCUT2D eigenvalue weighted by Crippen LogP contribution is 2.35. The summed E-state index contributed by atoms with van der Waals surface area (Å²) in [7, 11) is 0. The van der Waals surface area contributed by atoms with E-state index < -0.39 is 0 Å². The molecule has 0 aromatic carbocycles. The summed E-state index contributed by atoms with van der Waals surface area (Å²) in [5.74, 6) is 0. The maximum atomic E-state index is 5.82. The summed E-state index contributed by atoms with van der Waals surface area (Å²) in [5.41, 5.74) is 1.35. The molecule has 2 aromatic rings. The summed E-state index contributed by atoms with van der Waals surface area (Å²) in [6.07, 6.45) is 8.74. The molecular formula is C18H23N3S2. The molecule has 1 saturated carbocycles. The molecule has 4 rings (SSSR count). The van der Waals surface area contributed by atoms with E-state index in [9.17, 15) is 0 Å². The highest BCUT2D eigenvalue weighted by Gasteiger charge is 2.31. The first-order chi connectivity index (χ1) is 11.3. The van der Waals surface area contributed by atoms with Crippen LogP contribution in [0.3, 0.4) is 0 Å². The minimum absolute atomic E-state index is 0.252. The third-order valence-corrected chi connectivity index (χ3v) is 6.32. The van der Waals surface area contributed by atoms with Gasteiger partial charge in [0.2, 0.25) is 0 Å². The Labute approximate surface area is 147 Å². The normalized spacial score (nSPS) is 21.9. The Bertz CT molecular complexity index is 656. The molecule has 3 nitrogen and oxygen atoms in total. The van der Waals surface area contributed by atoms with E-state index in [0.717, 1.165) is 18.2 Å². The number of nitrogens with zero attached hydrogens (tertiary/aromatic N) is 2. The lowest BCUT2D eigenvalue weighted by Gasteiger charge is -2.39. The van der Waals surface area contributed by atoms with Crippen LogP contribution < -0.4 is 5.32 Å². The van der Waals surface area contributed by atoms with Crippen LogP contribution in [0.4, 0.5) is 0 Å². The molecule has 0 bridgehead atoms. The number of nitrogens with one attached hydrogen (secondary N) is 1. The molecule has 1 aliphatic carbocycles. The van der Waals surface area contributed by atoms with Crippen LogP contribution in [-0.4, -0.2) is 27.2 Å². The van der Waals surface area contributed by atoms with Crippen LogP contribution >= 0.6 is 23.6 Å². The summed E-state index contributed by atoms with van der Waals surface area (Å²) in [4.78, 5) is 3.77. The van der Waals surface area contributed by atoms with Gasteiger partial charge in [-0.3, -0.25) is 0 Å². The molecule has 0 radical (unpaired) electrons. The van der Waals surface area contributed by atoms with E-state index >= 15 is 0 Å². The Kier molecular flexibility index (Phi) is 4.40. The monoisotopic (exact) mass is 345 g/mol. The van der Waals surface area contributed by atoms with Crippen LogP contribution in [0.2, 0.25) is 0 Å². The van der Waals surface area contributed by atoms with Gasteiger partial charge >= 0.3 is 0 Å². The van der Waals surface area contributed by atoms with E-state index in [1.54, 1.807) is 0 Å². The molecular weight excluding hydrogens is 322 g/mol. The average molecular weight is 346 g/mol. The van der Waals surface area contributed by atoms with Gasteiger partial charge in [0.15, 0.2) is 5.11 Å². The summed E-state index contributed by atoms with van der Waals surface area (Å²) in [6.45, 7) is 1.99. The van der Waals surface area contributed by atoms with Gasteiger partial charge in [0.25, 0.3) is 0 Å². The van der Waals surface area contributed by atoms with Gasteiger partial charge in [0.1, 0.15) is 6.04 Å². The topological polar surface area (TPSA) is 20.2 Å². The number of thiocarbonyl (C=S) groups is 1. The van der Waals surface area contributed by atoms with Crippen molar-refractivity contribution in [3.63, 3.8) is 0 Å². The smallest absolute Gasteiger partial charge is 0.170 e. The lowest BCUT2D eigenvalue weighted by atomic mass is 9.96. The minimum Gasteiger partial charge on any atom is -0.360 e. The second-order valence-corrected chi connectivity index (χ2v) is 7.89. The molecule has 2 aromatic heterocycles. The maximum absolute atomic E-state index is 5.82. The van der Waals surface area contributed by atoms with Crippen molar-refractivity contribution in [2.45, 2.75) is 50.7 Å². The second-order valence-electron chi connectivity index (χ2n) is 6.52. The second kappa shape index (κ2) is 6.65. The van der Waals surface area contributed by atoms with E-state index in [1.165, 1.54) is 42.7 Å². The zero-order chi connectivity index (χ0) is 15.6. The molecule has 23 heavy (non-hydrogen) atoms. The zero-order valence-electron chi connectivity index (χ0n) is 13.3. The van der Waals surface area contributed by atoms with Crippen LogP contribution in [0, 0.1) is 0 Å². The van der Waals surface area contributed by atoms with Gasteiger partial charge in [0.05, 0.1) is 0 Å². The van der Waals surface area contributed by atoms with Crippen LogP contribution in [0.25, 0.3) is 0 Å². The van der Waals surface area contributed by atoms with E-state index in [2.05, 4.69) is 50.6 Å². The third kappa shape index (κ3) is 3.04. The molecule has 0 saturated heterocycles. The van der Waals surface area contributed by atoms with Crippen molar-refractivity contribution in [2.75, 3.05) is 6.54 Å². The summed E-state index contributed by atoms with van der Waals surface area (Å²) >= 11 is 7.64. The molecule has 0 unspecified atom stereocenters. The van der Waals surface area contributed by atoms with Gasteiger partial charge in [-0.1, -0.05) is 25.3 Å². The van der Waals surface area contributed by atoms with E-state index in [1.807, 2.05) is 11.3 Å². The predicted molar refractivity (Wildman–Crippen MR) is 99.9 cm³/mol. The maximum Gasteiger partial charge on any atom is 0.170 e. The van der Waals surface area contributed by atoms with Gasteiger partial charge in [0, 0.05) is 35.9 Å². The molecule has 122 valence electrons. The molecule has 1 atom stereocenters. The lowest BCUT2D eigenvalue weighted by molar-refractivity contribution is 0.281. The van der Waals surface area contributed by atoms with Crippen LogP contribution in [0.1, 0.15) is 48.7 Å². The van der Waals surface area contributed by atoms with E-state index in [-0.39, 0.29) is 6.04 Å². The SMILES string of the molecule is S=C(NC1CCCCC1)N1CCn2cccc2[C@H]1c1cccs1. The van der Waals surface area contributed by atoms with Crippen LogP contribution in [-0.2, 0) is 6.54 Å². The van der Waals surface area contributed by atoms with Crippen molar-refractivity contribution in [1.82, 2.24) is 14.8 Å². The standard InChI is InChI=1S/C18H23N3S2/c22-18(19-14-6-2-1-3-7-14)21-12-11-20-10-4-8-15(20)17(21)16-9-5-13-23-16/h4-5,8-10,13-14,17H,1-3,6-7,11-12H2,(H,19,22)/t17-/m0/s1. The largest absolute Gasteiger partial charge is 0.360 e. The Morgan fingerprint density at radius 3 is 2.78 bits per heavy atom. The third-order valence-electron chi connectivity index (χ3n) is 5.04. The summed E-state index contributed by atoms with van der Waals surface area (Å²) < 4.78 is 2.37. The first-order valence-electron chi connectivity index (χ1n) is 8.58. The highest BCUT2D eigenvalue weighted by atomic mass is 32.1. The first kappa shape index (κ1) is 15.2. The molecule has 2 aliphatic rings. The molecule has 1 fully saturated rings. The number of rotatable bonds is 2. The molecule has 1 aliphatic heterocycles. The van der Waals surface area contributed by atoms with Crippen molar-refractivity contribution in [2.24, 2.45) is 0 Å². The number of hydrogen-bond donors (Lipinski definition) is 1. The number of hydrogen-bond acceptors (Lipinski definition) is 2. The van der Waals surface area contributed by atoms with Crippen LogP contribution in [0.15, 0.2) is 35.8 Å². The minimum atomic E-state index is 0.252. The van der Waals surface area contributed by atoms with Crippen molar-refractivity contribution < 1.29 is 0 Å². The Hall–Kier alpha value is -1.33. The summed E-state index contributed by atoms with van der Waals surface area (Å²) in [5, 5.41) is 6.75. The fourth-order valence-electron chi connectivity index (χ4n) is 3.85. The fourth-order valence-corrected chi connectivity index (χ4v) is 5.06. The average Bonchev–Trinajstić information content (AvgIpc) is 3.26. The first-order valence-corrected chi connectivity index (χ1v) is 9.87. The quantitative estimate of drug-likeness (QED) is 0.825. The van der Waals surface area contributed by atoms with E-state index in [4.69, 9.17) is 12.2 Å². The van der Waals surface area contributed by atoms with Gasteiger partial charge in [-0.25, -0.2) is 0 Å². The van der Waals surface area contributed by atoms with Crippen molar-refractivity contribution >= 4 is 28.7 Å². The number of fused-ring (bicyclic) bond motifs is 1. The number of aromatic nitrogens is 1. The molecule has 0 amide bonds. The number of thiophene rings is 1. The van der Waals surface area contributed by atoms with Gasteiger partial charge in [-0.05, 0) is 48.6 Å². The van der Waals surface area contributed by atoms with Crippen LogP contribution in [0.5, 0.6) is 0 Å². The predicted octanol–water partition coefficient (Wildman–Crippen LogP) is 4.16. The Morgan fingerprint density at radius 2 is 2.00 bits per heavy atom. The molecule has 0 spiro atoms. The highest BCUT2D eigenvalue weighted by molar-refractivity contribution is 7.80. The van der Waals surface area contributed by atoms with E-state index in [0.29, 0.717) is 6.04 Å². The van der Waals surface area contributed by atoms with Crippen molar-refractivity contribution in [3.05, 3.63) is 46.4 Å². The lowest BCUT2D eigenvalue weighted by Crippen LogP contribution is -2.50. The van der Waals surface area contributed by atoms with Gasteiger partial charge in [-0.15, -0.1) is 11.3 Å². The molecule has 1 N–H and O–H groups in total. The Balaban J connectivity index is 1.58. The van der Waals surface area contributed by atoms with Gasteiger partial charge < -0.3 is 14.8 Å². The Morgan fingerprint density at radius 1 is 1.13 bits per heavy atom. The zero-order valence-corrected chi connectivity index (χ0v) is 14.9.